The molecule has 0 radical (unpaired) electrons. The van der Waals surface area contributed by atoms with Crippen molar-refractivity contribution in [2.45, 2.75) is 58.4 Å². The van der Waals surface area contributed by atoms with Gasteiger partial charge in [-0.1, -0.05) is 62.8 Å². The maximum Gasteiger partial charge on any atom is 0.0438 e. The molecule has 2 N–H and O–H groups in total. The molecule has 1 unspecified atom stereocenters. The minimum atomic E-state index is 0.134. The number of unbranched alkanes of at least 4 members (excludes halogenated alkanes) is 4. The van der Waals surface area contributed by atoms with Crippen molar-refractivity contribution < 1.29 is 0 Å². The van der Waals surface area contributed by atoms with Gasteiger partial charge in [0.1, 0.15) is 0 Å². The summed E-state index contributed by atoms with van der Waals surface area (Å²) >= 11 is 6.10. The van der Waals surface area contributed by atoms with E-state index in [1.165, 1.54) is 32.1 Å². The summed E-state index contributed by atoms with van der Waals surface area (Å²) in [6.45, 7) is 4.25. The van der Waals surface area contributed by atoms with Crippen LogP contribution in [-0.4, -0.2) is 0 Å². The molecule has 0 amide bonds. The zero-order valence-electron chi connectivity index (χ0n) is 11.0. The van der Waals surface area contributed by atoms with Crippen molar-refractivity contribution in [2.75, 3.05) is 0 Å². The fourth-order valence-electron chi connectivity index (χ4n) is 1.97. The third-order valence-corrected chi connectivity index (χ3v) is 3.65. The molecule has 0 spiro atoms. The van der Waals surface area contributed by atoms with Crippen LogP contribution in [0.3, 0.4) is 0 Å². The van der Waals surface area contributed by atoms with Crippen molar-refractivity contribution in [3.8, 4) is 0 Å². The maximum atomic E-state index is 6.17. The second-order valence-electron chi connectivity index (χ2n) is 4.82. The topological polar surface area (TPSA) is 26.0 Å². The molecule has 0 aromatic heterocycles. The van der Waals surface area contributed by atoms with E-state index in [-0.39, 0.29) is 6.04 Å². The van der Waals surface area contributed by atoms with Crippen LogP contribution < -0.4 is 5.73 Å². The Bertz CT molecular complexity index is 336. The van der Waals surface area contributed by atoms with E-state index in [1.54, 1.807) is 0 Å². The molecule has 0 fully saturated rings. The van der Waals surface area contributed by atoms with Crippen LogP contribution in [0.1, 0.15) is 62.6 Å². The third kappa shape index (κ3) is 5.10. The van der Waals surface area contributed by atoms with Crippen LogP contribution in [0.15, 0.2) is 18.2 Å². The number of halogens is 1. The van der Waals surface area contributed by atoms with Crippen molar-refractivity contribution in [3.63, 3.8) is 0 Å². The molecule has 1 nitrogen and oxygen atoms in total. The van der Waals surface area contributed by atoms with Crippen molar-refractivity contribution in [1.82, 2.24) is 0 Å². The molecule has 0 heterocycles. The lowest BCUT2D eigenvalue weighted by molar-refractivity contribution is 0.555. The monoisotopic (exact) mass is 253 g/mol. The van der Waals surface area contributed by atoms with E-state index in [0.29, 0.717) is 0 Å². The Balaban J connectivity index is 2.36. The van der Waals surface area contributed by atoms with Crippen LogP contribution in [0, 0.1) is 6.92 Å². The molecule has 0 aliphatic carbocycles. The van der Waals surface area contributed by atoms with E-state index < -0.39 is 0 Å². The maximum absolute atomic E-state index is 6.17. The van der Waals surface area contributed by atoms with Gasteiger partial charge in [0.15, 0.2) is 0 Å². The number of benzene rings is 1. The summed E-state index contributed by atoms with van der Waals surface area (Å²) in [6.07, 6.45) is 7.53. The second kappa shape index (κ2) is 7.73. The number of nitrogens with two attached hydrogens (primary N) is 1. The van der Waals surface area contributed by atoms with Crippen LogP contribution in [0.4, 0.5) is 0 Å². The van der Waals surface area contributed by atoms with Gasteiger partial charge in [-0.15, -0.1) is 0 Å². The Morgan fingerprint density at radius 1 is 1.18 bits per heavy atom. The third-order valence-electron chi connectivity index (χ3n) is 3.24. The molecule has 17 heavy (non-hydrogen) atoms. The van der Waals surface area contributed by atoms with Crippen LogP contribution >= 0.6 is 11.6 Å². The van der Waals surface area contributed by atoms with E-state index in [2.05, 4.69) is 19.1 Å². The summed E-state index contributed by atoms with van der Waals surface area (Å²) < 4.78 is 0. The first-order valence-corrected chi connectivity index (χ1v) is 7.04. The van der Waals surface area contributed by atoms with Gasteiger partial charge in [-0.05, 0) is 30.5 Å². The van der Waals surface area contributed by atoms with Gasteiger partial charge in [-0.3, -0.25) is 0 Å². The summed E-state index contributed by atoms with van der Waals surface area (Å²) in [5, 5.41) is 0.823. The van der Waals surface area contributed by atoms with Crippen molar-refractivity contribution in [2.24, 2.45) is 5.73 Å². The smallest absolute Gasteiger partial charge is 0.0438 e. The first kappa shape index (κ1) is 14.5. The average molecular weight is 254 g/mol. The molecule has 1 aromatic rings. The highest BCUT2D eigenvalue weighted by atomic mass is 35.5. The summed E-state index contributed by atoms with van der Waals surface area (Å²) in [5.74, 6) is 0. The normalized spacial score (nSPS) is 12.7. The highest BCUT2D eigenvalue weighted by molar-refractivity contribution is 6.31. The summed E-state index contributed by atoms with van der Waals surface area (Å²) in [4.78, 5) is 0. The molecule has 0 saturated carbocycles. The number of hydrogen-bond acceptors (Lipinski definition) is 1. The van der Waals surface area contributed by atoms with Crippen LogP contribution in [0.2, 0.25) is 5.02 Å². The highest BCUT2D eigenvalue weighted by Gasteiger charge is 2.07. The van der Waals surface area contributed by atoms with E-state index in [9.17, 15) is 0 Å². The van der Waals surface area contributed by atoms with E-state index in [0.717, 1.165) is 22.6 Å². The zero-order valence-corrected chi connectivity index (χ0v) is 11.8. The average Bonchev–Trinajstić information content (AvgIpc) is 2.32. The second-order valence-corrected chi connectivity index (χ2v) is 5.23. The van der Waals surface area contributed by atoms with Gasteiger partial charge in [-0.25, -0.2) is 0 Å². The summed E-state index contributed by atoms with van der Waals surface area (Å²) in [7, 11) is 0. The summed E-state index contributed by atoms with van der Waals surface area (Å²) in [5.41, 5.74) is 8.45. The molecular weight excluding hydrogens is 230 g/mol. The predicted octanol–water partition coefficient (Wildman–Crippen LogP) is 5.01. The Labute approximate surface area is 110 Å². The van der Waals surface area contributed by atoms with E-state index in [4.69, 9.17) is 17.3 Å². The number of aryl methyl sites for hydroxylation is 1. The van der Waals surface area contributed by atoms with E-state index in [1.807, 2.05) is 13.0 Å². The van der Waals surface area contributed by atoms with Gasteiger partial charge in [0, 0.05) is 11.1 Å². The van der Waals surface area contributed by atoms with E-state index >= 15 is 0 Å². The predicted molar refractivity (Wildman–Crippen MR) is 76.5 cm³/mol. The van der Waals surface area contributed by atoms with Crippen LogP contribution in [0.25, 0.3) is 0 Å². The minimum Gasteiger partial charge on any atom is -0.324 e. The van der Waals surface area contributed by atoms with Gasteiger partial charge in [-0.2, -0.15) is 0 Å². The first-order chi connectivity index (χ1) is 8.15. The molecule has 1 atom stereocenters. The SMILES string of the molecule is CCCCCCCC(N)c1ccc(C)c(Cl)c1. The van der Waals surface area contributed by atoms with Crippen molar-refractivity contribution in [3.05, 3.63) is 34.3 Å². The largest absolute Gasteiger partial charge is 0.324 e. The zero-order chi connectivity index (χ0) is 12.7. The fourth-order valence-corrected chi connectivity index (χ4v) is 2.16. The van der Waals surface area contributed by atoms with Crippen LogP contribution in [-0.2, 0) is 0 Å². The fraction of sp³-hybridized carbons (Fsp3) is 0.600. The molecule has 2 heteroatoms. The highest BCUT2D eigenvalue weighted by Crippen LogP contribution is 2.23. The molecule has 1 aromatic carbocycles. The van der Waals surface area contributed by atoms with Gasteiger partial charge in [0.25, 0.3) is 0 Å². The Hall–Kier alpha value is -0.530. The quantitative estimate of drug-likeness (QED) is 0.680. The summed E-state index contributed by atoms with van der Waals surface area (Å²) in [6, 6.07) is 6.29. The Morgan fingerprint density at radius 2 is 1.88 bits per heavy atom. The first-order valence-electron chi connectivity index (χ1n) is 6.66. The van der Waals surface area contributed by atoms with Crippen molar-refractivity contribution in [1.29, 1.82) is 0 Å². The molecule has 0 bridgehead atoms. The number of rotatable bonds is 7. The minimum absolute atomic E-state index is 0.134. The molecule has 1 rings (SSSR count). The van der Waals surface area contributed by atoms with Crippen molar-refractivity contribution >= 4 is 11.6 Å². The molecule has 0 aliphatic heterocycles. The van der Waals surface area contributed by atoms with Gasteiger partial charge in [0.2, 0.25) is 0 Å². The molecular formula is C15H24ClN. The van der Waals surface area contributed by atoms with Crippen LogP contribution in [0.5, 0.6) is 0 Å². The molecule has 0 aliphatic rings. The Kier molecular flexibility index (Phi) is 6.61. The standard InChI is InChI=1S/C15H24ClN/c1-3-4-5-6-7-8-15(17)13-10-9-12(2)14(16)11-13/h9-11,15H,3-8,17H2,1-2H3. The van der Waals surface area contributed by atoms with Gasteiger partial charge in [0.05, 0.1) is 0 Å². The van der Waals surface area contributed by atoms with Gasteiger partial charge >= 0.3 is 0 Å². The van der Waals surface area contributed by atoms with Gasteiger partial charge < -0.3 is 5.73 Å². The lowest BCUT2D eigenvalue weighted by Gasteiger charge is -2.13. The Morgan fingerprint density at radius 3 is 2.53 bits per heavy atom. The lowest BCUT2D eigenvalue weighted by atomic mass is 10.00. The molecule has 96 valence electrons. The lowest BCUT2D eigenvalue weighted by Crippen LogP contribution is -2.10. The number of hydrogen-bond donors (Lipinski definition) is 1. The molecule has 0 saturated heterocycles.